The van der Waals surface area contributed by atoms with E-state index in [0.717, 1.165) is 5.57 Å². The molecule has 2 unspecified atom stereocenters. The van der Waals surface area contributed by atoms with Crippen LogP contribution in [0.25, 0.3) is 0 Å². The molecule has 0 spiro atoms. The van der Waals surface area contributed by atoms with Gasteiger partial charge in [0.15, 0.2) is 5.78 Å². The maximum Gasteiger partial charge on any atom is 0.260 e. The van der Waals surface area contributed by atoms with E-state index < -0.39 is 17.1 Å². The minimum absolute atomic E-state index is 0.0779. The summed E-state index contributed by atoms with van der Waals surface area (Å²) < 4.78 is 0. The SMILES string of the molecule is O=C1C=CC2=C(C1)C([N+](=O)[O-])C(O)C2. The summed E-state index contributed by atoms with van der Waals surface area (Å²) in [5.74, 6) is -0.135. The van der Waals surface area contributed by atoms with Gasteiger partial charge in [0, 0.05) is 23.3 Å². The van der Waals surface area contributed by atoms with Crippen molar-refractivity contribution >= 4 is 5.78 Å². The number of nitrogens with zero attached hydrogens (tertiary/aromatic N) is 1. The van der Waals surface area contributed by atoms with Crippen molar-refractivity contribution in [2.45, 2.75) is 25.0 Å². The van der Waals surface area contributed by atoms with Crippen LogP contribution in [-0.4, -0.2) is 28.0 Å². The highest BCUT2D eigenvalue weighted by Gasteiger charge is 2.42. The lowest BCUT2D eigenvalue weighted by Crippen LogP contribution is -2.31. The van der Waals surface area contributed by atoms with Crippen molar-refractivity contribution in [1.29, 1.82) is 0 Å². The normalized spacial score (nSPS) is 30.8. The second kappa shape index (κ2) is 3.02. The molecule has 14 heavy (non-hydrogen) atoms. The Balaban J connectivity index is 2.36. The number of aliphatic hydroxyl groups is 1. The highest BCUT2D eigenvalue weighted by Crippen LogP contribution is 2.34. The van der Waals surface area contributed by atoms with Gasteiger partial charge < -0.3 is 5.11 Å². The van der Waals surface area contributed by atoms with Gasteiger partial charge in [0.25, 0.3) is 6.04 Å². The average Bonchev–Trinajstić information content (AvgIpc) is 2.40. The molecule has 0 saturated heterocycles. The molecule has 1 N–H and O–H groups in total. The van der Waals surface area contributed by atoms with E-state index >= 15 is 0 Å². The van der Waals surface area contributed by atoms with Crippen LogP contribution >= 0.6 is 0 Å². The average molecular weight is 195 g/mol. The first-order chi connectivity index (χ1) is 6.59. The van der Waals surface area contributed by atoms with Crippen LogP contribution in [0.15, 0.2) is 23.3 Å². The summed E-state index contributed by atoms with van der Waals surface area (Å²) in [5, 5.41) is 20.1. The number of hydrogen-bond donors (Lipinski definition) is 1. The van der Waals surface area contributed by atoms with Crippen LogP contribution < -0.4 is 0 Å². The molecule has 2 atom stereocenters. The van der Waals surface area contributed by atoms with Gasteiger partial charge in [-0.05, 0) is 11.6 Å². The molecule has 0 amide bonds. The zero-order valence-electron chi connectivity index (χ0n) is 7.34. The van der Waals surface area contributed by atoms with Gasteiger partial charge in [-0.2, -0.15) is 0 Å². The van der Waals surface area contributed by atoms with Gasteiger partial charge in [-0.1, -0.05) is 6.08 Å². The summed E-state index contributed by atoms with van der Waals surface area (Å²) in [5.41, 5.74) is 1.23. The number of aliphatic hydroxyl groups excluding tert-OH is 1. The van der Waals surface area contributed by atoms with Gasteiger partial charge in [-0.15, -0.1) is 0 Å². The molecule has 0 aromatic heterocycles. The van der Waals surface area contributed by atoms with Crippen molar-refractivity contribution in [3.63, 3.8) is 0 Å². The first-order valence-corrected chi connectivity index (χ1v) is 4.34. The molecule has 0 bridgehead atoms. The molecule has 0 aromatic rings. The Bertz CT molecular complexity index is 369. The summed E-state index contributed by atoms with van der Waals surface area (Å²) >= 11 is 0. The maximum atomic E-state index is 11.1. The Kier molecular flexibility index (Phi) is 1.96. The highest BCUT2D eigenvalue weighted by molar-refractivity contribution is 5.94. The van der Waals surface area contributed by atoms with E-state index in [1.165, 1.54) is 6.08 Å². The summed E-state index contributed by atoms with van der Waals surface area (Å²) in [6, 6.07) is -1.08. The number of rotatable bonds is 1. The lowest BCUT2D eigenvalue weighted by Gasteiger charge is -2.10. The van der Waals surface area contributed by atoms with E-state index in [1.54, 1.807) is 6.08 Å². The number of allylic oxidation sites excluding steroid dienone is 2. The summed E-state index contributed by atoms with van der Waals surface area (Å²) in [4.78, 5) is 21.2. The Labute approximate surface area is 79.9 Å². The van der Waals surface area contributed by atoms with E-state index in [1.807, 2.05) is 0 Å². The molecule has 0 heterocycles. The zero-order valence-corrected chi connectivity index (χ0v) is 7.34. The third-order valence-electron chi connectivity index (χ3n) is 2.63. The topological polar surface area (TPSA) is 80.4 Å². The number of nitro groups is 1. The fourth-order valence-corrected chi connectivity index (χ4v) is 1.99. The predicted octanol–water partition coefficient (Wildman–Crippen LogP) is 0.222. The van der Waals surface area contributed by atoms with E-state index in [0.29, 0.717) is 5.57 Å². The van der Waals surface area contributed by atoms with Crippen LogP contribution in [0.3, 0.4) is 0 Å². The molecule has 2 aliphatic rings. The van der Waals surface area contributed by atoms with Crippen LogP contribution in [0.4, 0.5) is 0 Å². The second-order valence-electron chi connectivity index (χ2n) is 3.53. The molecular weight excluding hydrogens is 186 g/mol. The Morgan fingerprint density at radius 3 is 2.86 bits per heavy atom. The third-order valence-corrected chi connectivity index (χ3v) is 2.63. The number of carbonyl (C=O) groups excluding carboxylic acids is 1. The zero-order chi connectivity index (χ0) is 10.3. The second-order valence-corrected chi connectivity index (χ2v) is 3.53. The van der Waals surface area contributed by atoms with Crippen LogP contribution in [0.5, 0.6) is 0 Å². The van der Waals surface area contributed by atoms with Gasteiger partial charge in [-0.3, -0.25) is 14.9 Å². The minimum Gasteiger partial charge on any atom is -0.385 e. The number of ketones is 1. The lowest BCUT2D eigenvalue weighted by molar-refractivity contribution is -0.521. The summed E-state index contributed by atoms with van der Waals surface area (Å²) in [6.07, 6.45) is 2.37. The largest absolute Gasteiger partial charge is 0.385 e. The van der Waals surface area contributed by atoms with Crippen molar-refractivity contribution < 1.29 is 14.8 Å². The van der Waals surface area contributed by atoms with E-state index in [-0.39, 0.29) is 18.6 Å². The van der Waals surface area contributed by atoms with Crippen molar-refractivity contribution in [2.24, 2.45) is 0 Å². The van der Waals surface area contributed by atoms with Gasteiger partial charge in [0.1, 0.15) is 6.10 Å². The first kappa shape index (κ1) is 9.08. The molecule has 0 aliphatic heterocycles. The number of carbonyl (C=O) groups is 1. The third kappa shape index (κ3) is 1.26. The van der Waals surface area contributed by atoms with Crippen LogP contribution in [-0.2, 0) is 4.79 Å². The quantitative estimate of drug-likeness (QED) is 0.479. The molecular formula is C9H9NO4. The Morgan fingerprint density at radius 1 is 1.50 bits per heavy atom. The fraction of sp³-hybridized carbons (Fsp3) is 0.444. The predicted molar refractivity (Wildman–Crippen MR) is 47.2 cm³/mol. The van der Waals surface area contributed by atoms with E-state index in [4.69, 9.17) is 0 Å². The Hall–Kier alpha value is -1.49. The lowest BCUT2D eigenvalue weighted by atomic mass is 9.97. The molecule has 5 heteroatoms. The molecule has 74 valence electrons. The highest BCUT2D eigenvalue weighted by atomic mass is 16.6. The van der Waals surface area contributed by atoms with Gasteiger partial charge >= 0.3 is 0 Å². The van der Waals surface area contributed by atoms with Crippen molar-refractivity contribution in [2.75, 3.05) is 0 Å². The van der Waals surface area contributed by atoms with Crippen molar-refractivity contribution in [3.8, 4) is 0 Å². The molecule has 2 rings (SSSR count). The monoisotopic (exact) mass is 195 g/mol. The standard InChI is InChI=1S/C9H9NO4/c11-6-2-1-5-3-8(12)9(10(13)14)7(5)4-6/h1-2,8-9,12H,3-4H2. The number of hydrogen-bond acceptors (Lipinski definition) is 4. The van der Waals surface area contributed by atoms with Crippen LogP contribution in [0.1, 0.15) is 12.8 Å². The van der Waals surface area contributed by atoms with E-state index in [9.17, 15) is 20.0 Å². The molecule has 0 fully saturated rings. The first-order valence-electron chi connectivity index (χ1n) is 4.34. The van der Waals surface area contributed by atoms with Gasteiger partial charge in [0.05, 0.1) is 0 Å². The smallest absolute Gasteiger partial charge is 0.260 e. The molecule has 2 aliphatic carbocycles. The molecule has 5 nitrogen and oxygen atoms in total. The fourth-order valence-electron chi connectivity index (χ4n) is 1.99. The van der Waals surface area contributed by atoms with Crippen LogP contribution in [0, 0.1) is 10.1 Å². The summed E-state index contributed by atoms with van der Waals surface area (Å²) in [6.45, 7) is 0. The van der Waals surface area contributed by atoms with Crippen molar-refractivity contribution in [3.05, 3.63) is 33.4 Å². The van der Waals surface area contributed by atoms with Gasteiger partial charge in [-0.25, -0.2) is 0 Å². The Morgan fingerprint density at radius 2 is 2.21 bits per heavy atom. The van der Waals surface area contributed by atoms with Crippen LogP contribution in [0.2, 0.25) is 0 Å². The molecule has 0 saturated carbocycles. The molecule has 0 radical (unpaired) electrons. The maximum absolute atomic E-state index is 11.1. The summed E-state index contributed by atoms with van der Waals surface area (Å²) in [7, 11) is 0. The minimum atomic E-state index is -1.08. The molecule has 0 aromatic carbocycles. The van der Waals surface area contributed by atoms with E-state index in [2.05, 4.69) is 0 Å². The van der Waals surface area contributed by atoms with Gasteiger partial charge in [0.2, 0.25) is 0 Å². The van der Waals surface area contributed by atoms with Crippen molar-refractivity contribution in [1.82, 2.24) is 0 Å².